The van der Waals surface area contributed by atoms with E-state index < -0.39 is 17.7 Å². The van der Waals surface area contributed by atoms with Crippen LogP contribution in [-0.4, -0.2) is 46.2 Å². The first-order valence-electron chi connectivity index (χ1n) is 8.70. The molecule has 0 saturated carbocycles. The van der Waals surface area contributed by atoms with Crippen molar-refractivity contribution in [3.8, 4) is 23.0 Å². The average Bonchev–Trinajstić information content (AvgIpc) is 2.74. The maximum absolute atomic E-state index is 12.7. The second kappa shape index (κ2) is 10.4. The zero-order chi connectivity index (χ0) is 22.3. The number of nitrogens with zero attached hydrogens (tertiary/aromatic N) is 2. The summed E-state index contributed by atoms with van der Waals surface area (Å²) >= 11 is 6.07. The number of ether oxygens (including phenoxy) is 4. The standard InChI is InChI=1S/C20H22ClN3O6/c1-11(25)17(24-23-14-8-6-12(27-2)10-16(14)28-3)20(26)22-15-9-7-13(21)18(29-4)19(15)30-5/h6-10,17H,1-5H3,(H,22,26). The van der Waals surface area contributed by atoms with Crippen LogP contribution in [0.3, 0.4) is 0 Å². The highest BCUT2D eigenvalue weighted by atomic mass is 35.5. The second-order valence-electron chi connectivity index (χ2n) is 5.92. The van der Waals surface area contributed by atoms with E-state index in [0.717, 1.165) is 0 Å². The van der Waals surface area contributed by atoms with Crippen molar-refractivity contribution in [3.63, 3.8) is 0 Å². The largest absolute Gasteiger partial charge is 0.497 e. The van der Waals surface area contributed by atoms with Gasteiger partial charge in [0, 0.05) is 6.07 Å². The molecule has 2 aromatic rings. The molecule has 9 nitrogen and oxygen atoms in total. The van der Waals surface area contributed by atoms with Crippen molar-refractivity contribution < 1.29 is 28.5 Å². The van der Waals surface area contributed by atoms with Crippen LogP contribution < -0.4 is 24.3 Å². The Labute approximate surface area is 178 Å². The van der Waals surface area contributed by atoms with E-state index in [1.807, 2.05) is 0 Å². The van der Waals surface area contributed by atoms with Gasteiger partial charge in [-0.2, -0.15) is 10.2 Å². The predicted molar refractivity (Wildman–Crippen MR) is 112 cm³/mol. The molecule has 2 aromatic carbocycles. The van der Waals surface area contributed by atoms with Crippen molar-refractivity contribution in [2.75, 3.05) is 33.8 Å². The zero-order valence-corrected chi connectivity index (χ0v) is 17.9. The smallest absolute Gasteiger partial charge is 0.258 e. The first kappa shape index (κ1) is 23.0. The average molecular weight is 436 g/mol. The number of hydrogen-bond acceptors (Lipinski definition) is 8. The van der Waals surface area contributed by atoms with Crippen LogP contribution in [0.1, 0.15) is 6.92 Å². The fourth-order valence-corrected chi connectivity index (χ4v) is 2.76. The molecule has 0 radical (unpaired) electrons. The van der Waals surface area contributed by atoms with E-state index >= 15 is 0 Å². The molecule has 10 heteroatoms. The topological polar surface area (TPSA) is 108 Å². The third-order valence-corrected chi connectivity index (χ3v) is 4.33. The Bertz CT molecular complexity index is 964. The van der Waals surface area contributed by atoms with Gasteiger partial charge < -0.3 is 24.3 Å². The number of azo groups is 1. The predicted octanol–water partition coefficient (Wildman–Crippen LogP) is 4.05. The number of amides is 1. The van der Waals surface area contributed by atoms with Gasteiger partial charge in [0.1, 0.15) is 17.2 Å². The minimum atomic E-state index is -1.39. The van der Waals surface area contributed by atoms with Crippen molar-refractivity contribution in [3.05, 3.63) is 35.4 Å². The van der Waals surface area contributed by atoms with Gasteiger partial charge in [-0.05, 0) is 31.2 Å². The van der Waals surface area contributed by atoms with Crippen LogP contribution in [0.4, 0.5) is 11.4 Å². The molecule has 0 fully saturated rings. The maximum atomic E-state index is 12.7. The molecular formula is C20H22ClN3O6. The van der Waals surface area contributed by atoms with Crippen molar-refractivity contribution in [2.24, 2.45) is 10.2 Å². The van der Waals surface area contributed by atoms with E-state index in [0.29, 0.717) is 22.2 Å². The first-order valence-corrected chi connectivity index (χ1v) is 9.08. The number of carbonyl (C=O) groups is 2. The Morgan fingerprint density at radius 2 is 1.67 bits per heavy atom. The van der Waals surface area contributed by atoms with Gasteiger partial charge in [-0.15, -0.1) is 0 Å². The Balaban J connectivity index is 2.31. The molecule has 1 N–H and O–H groups in total. The molecule has 0 aromatic heterocycles. The number of nitrogens with one attached hydrogen (secondary N) is 1. The van der Waals surface area contributed by atoms with Crippen LogP contribution in [0.15, 0.2) is 40.6 Å². The normalized spacial score (nSPS) is 11.7. The fourth-order valence-electron chi connectivity index (χ4n) is 2.54. The summed E-state index contributed by atoms with van der Waals surface area (Å²) in [5.41, 5.74) is 0.607. The van der Waals surface area contributed by atoms with Crippen LogP contribution >= 0.6 is 11.6 Å². The van der Waals surface area contributed by atoms with Gasteiger partial charge in [-0.1, -0.05) is 11.6 Å². The molecule has 160 valence electrons. The number of halogens is 1. The summed E-state index contributed by atoms with van der Waals surface area (Å²) in [6, 6.07) is 6.55. The third kappa shape index (κ3) is 5.18. The van der Waals surface area contributed by atoms with Gasteiger partial charge >= 0.3 is 0 Å². The van der Waals surface area contributed by atoms with Gasteiger partial charge in [0.05, 0.1) is 39.1 Å². The summed E-state index contributed by atoms with van der Waals surface area (Å²) in [7, 11) is 5.81. The van der Waals surface area contributed by atoms with Crippen molar-refractivity contribution in [2.45, 2.75) is 13.0 Å². The highest BCUT2D eigenvalue weighted by Gasteiger charge is 2.25. The third-order valence-electron chi connectivity index (χ3n) is 4.03. The quantitative estimate of drug-likeness (QED) is 0.470. The SMILES string of the molecule is COc1ccc(N=NC(C(C)=O)C(=O)Nc2ccc(Cl)c(OC)c2OC)c(OC)c1. The Hall–Kier alpha value is -3.33. The molecule has 2 rings (SSSR count). The summed E-state index contributed by atoms with van der Waals surface area (Å²) in [5.74, 6) is 0.223. The number of methoxy groups -OCH3 is 4. The molecule has 1 amide bonds. The van der Waals surface area contributed by atoms with E-state index in [2.05, 4.69) is 15.5 Å². The molecule has 30 heavy (non-hydrogen) atoms. The van der Waals surface area contributed by atoms with Crippen LogP contribution in [-0.2, 0) is 9.59 Å². The molecule has 0 bridgehead atoms. The summed E-state index contributed by atoms with van der Waals surface area (Å²) in [4.78, 5) is 24.8. The molecule has 1 atom stereocenters. The van der Waals surface area contributed by atoms with Gasteiger partial charge in [-0.3, -0.25) is 9.59 Å². The fraction of sp³-hybridized carbons (Fsp3) is 0.300. The number of Topliss-reactive ketones (excluding diaryl/α,β-unsaturated/α-hetero) is 1. The van der Waals surface area contributed by atoms with E-state index in [9.17, 15) is 9.59 Å². The van der Waals surface area contributed by atoms with Gasteiger partial charge in [-0.25, -0.2) is 0 Å². The van der Waals surface area contributed by atoms with Crippen molar-refractivity contribution in [1.29, 1.82) is 0 Å². The minimum Gasteiger partial charge on any atom is -0.497 e. The van der Waals surface area contributed by atoms with Gasteiger partial charge in [0.15, 0.2) is 17.3 Å². The van der Waals surface area contributed by atoms with Crippen LogP contribution in [0.5, 0.6) is 23.0 Å². The molecule has 1 unspecified atom stereocenters. The lowest BCUT2D eigenvalue weighted by atomic mass is 10.2. The zero-order valence-electron chi connectivity index (χ0n) is 17.2. The molecule has 0 aliphatic carbocycles. The van der Waals surface area contributed by atoms with Crippen molar-refractivity contribution >= 4 is 34.7 Å². The molecular weight excluding hydrogens is 414 g/mol. The molecule has 0 aliphatic heterocycles. The summed E-state index contributed by atoms with van der Waals surface area (Å²) < 4.78 is 20.9. The molecule has 0 spiro atoms. The Morgan fingerprint density at radius 1 is 0.967 bits per heavy atom. The minimum absolute atomic E-state index is 0.217. The highest BCUT2D eigenvalue weighted by molar-refractivity contribution is 6.32. The monoisotopic (exact) mass is 435 g/mol. The van der Waals surface area contributed by atoms with E-state index in [1.54, 1.807) is 18.2 Å². The van der Waals surface area contributed by atoms with Crippen LogP contribution in [0.2, 0.25) is 5.02 Å². The van der Waals surface area contributed by atoms with E-state index in [-0.39, 0.29) is 17.2 Å². The number of anilines is 1. The molecule has 0 aliphatic rings. The Morgan fingerprint density at radius 3 is 2.23 bits per heavy atom. The van der Waals surface area contributed by atoms with E-state index in [4.69, 9.17) is 30.5 Å². The summed E-state index contributed by atoms with van der Waals surface area (Å²) in [6.45, 7) is 1.24. The molecule has 0 heterocycles. The maximum Gasteiger partial charge on any atom is 0.258 e. The van der Waals surface area contributed by atoms with Crippen molar-refractivity contribution in [1.82, 2.24) is 0 Å². The summed E-state index contributed by atoms with van der Waals surface area (Å²) in [5, 5.41) is 10.8. The second-order valence-corrected chi connectivity index (χ2v) is 6.32. The number of ketones is 1. The van der Waals surface area contributed by atoms with Gasteiger partial charge in [0.25, 0.3) is 5.91 Å². The van der Waals surface area contributed by atoms with E-state index in [1.165, 1.54) is 47.5 Å². The highest BCUT2D eigenvalue weighted by Crippen LogP contribution is 2.41. The number of hydrogen-bond donors (Lipinski definition) is 1. The van der Waals surface area contributed by atoms with Gasteiger partial charge in [0.2, 0.25) is 6.04 Å². The number of carbonyl (C=O) groups excluding carboxylic acids is 2. The number of rotatable bonds is 9. The van der Waals surface area contributed by atoms with Crippen LogP contribution in [0.25, 0.3) is 0 Å². The number of benzene rings is 2. The molecule has 0 saturated heterocycles. The Kier molecular flexibility index (Phi) is 7.99. The lowest BCUT2D eigenvalue weighted by molar-refractivity contribution is -0.126. The van der Waals surface area contributed by atoms with Crippen LogP contribution in [0, 0.1) is 0 Å². The lowest BCUT2D eigenvalue weighted by Crippen LogP contribution is -2.32. The first-order chi connectivity index (χ1) is 14.4. The lowest BCUT2D eigenvalue weighted by Gasteiger charge is -2.16. The summed E-state index contributed by atoms with van der Waals surface area (Å²) in [6.07, 6.45) is 0.